The van der Waals surface area contributed by atoms with Crippen molar-refractivity contribution in [1.29, 1.82) is 0 Å². The smallest absolute Gasteiger partial charge is 0.317 e. The summed E-state index contributed by atoms with van der Waals surface area (Å²) in [6.45, 7) is 4.94. The lowest BCUT2D eigenvalue weighted by atomic mass is 10.3. The van der Waals surface area contributed by atoms with E-state index in [1.165, 1.54) is 0 Å². The highest BCUT2D eigenvalue weighted by Gasteiger charge is 2.13. The minimum absolute atomic E-state index is 0. The van der Waals surface area contributed by atoms with Crippen LogP contribution in [0.25, 0.3) is 0 Å². The van der Waals surface area contributed by atoms with Gasteiger partial charge < -0.3 is 15.2 Å². The van der Waals surface area contributed by atoms with Gasteiger partial charge in [-0.3, -0.25) is 14.5 Å². The van der Waals surface area contributed by atoms with Crippen molar-refractivity contribution in [3.8, 4) is 5.75 Å². The molecular formula is C15H23ClN2O4. The fourth-order valence-electron chi connectivity index (χ4n) is 1.93. The van der Waals surface area contributed by atoms with Crippen LogP contribution in [0.5, 0.6) is 5.75 Å². The number of nitrogens with zero attached hydrogens (tertiary/aromatic N) is 1. The van der Waals surface area contributed by atoms with E-state index in [4.69, 9.17) is 9.84 Å². The molecule has 0 spiro atoms. The second-order valence-electron chi connectivity index (χ2n) is 4.61. The van der Waals surface area contributed by atoms with E-state index in [-0.39, 0.29) is 31.4 Å². The van der Waals surface area contributed by atoms with Crippen LogP contribution in [0.4, 0.5) is 5.69 Å². The molecular weight excluding hydrogens is 308 g/mol. The van der Waals surface area contributed by atoms with Gasteiger partial charge in [-0.2, -0.15) is 0 Å². The van der Waals surface area contributed by atoms with Crippen molar-refractivity contribution in [3.63, 3.8) is 0 Å². The number of hydrogen-bond acceptors (Lipinski definition) is 4. The molecule has 0 fully saturated rings. The molecule has 7 heteroatoms. The normalized spacial score (nSPS) is 9.95. The van der Waals surface area contributed by atoms with Crippen LogP contribution in [0.2, 0.25) is 0 Å². The van der Waals surface area contributed by atoms with Gasteiger partial charge in [0.1, 0.15) is 5.75 Å². The van der Waals surface area contributed by atoms with Gasteiger partial charge in [-0.1, -0.05) is 6.92 Å². The van der Waals surface area contributed by atoms with E-state index >= 15 is 0 Å². The number of hydrogen-bond donors (Lipinski definition) is 2. The molecule has 0 unspecified atom stereocenters. The molecule has 0 radical (unpaired) electrons. The number of ether oxygens (including phenoxy) is 1. The molecule has 0 saturated carbocycles. The number of carboxylic acid groups (broad SMARTS) is 1. The molecule has 6 nitrogen and oxygen atoms in total. The lowest BCUT2D eigenvalue weighted by Crippen LogP contribution is -2.37. The average molecular weight is 331 g/mol. The molecule has 0 aliphatic carbocycles. The fraction of sp³-hybridized carbons (Fsp3) is 0.467. The molecule has 0 aliphatic heterocycles. The van der Waals surface area contributed by atoms with Crippen molar-refractivity contribution in [2.45, 2.75) is 20.3 Å². The van der Waals surface area contributed by atoms with Gasteiger partial charge >= 0.3 is 5.97 Å². The Labute approximate surface area is 136 Å². The molecule has 1 rings (SSSR count). The van der Waals surface area contributed by atoms with E-state index in [9.17, 15) is 9.59 Å². The molecule has 0 saturated heterocycles. The molecule has 0 atom stereocenters. The quantitative estimate of drug-likeness (QED) is 0.726. The first kappa shape index (κ1) is 20.2. The lowest BCUT2D eigenvalue weighted by molar-refractivity contribution is -0.138. The molecule has 1 aromatic rings. The third-order valence-corrected chi connectivity index (χ3v) is 2.71. The number of carboxylic acids is 1. The zero-order valence-corrected chi connectivity index (χ0v) is 13.7. The Hall–Kier alpha value is -1.79. The van der Waals surface area contributed by atoms with E-state index in [0.29, 0.717) is 18.8 Å². The summed E-state index contributed by atoms with van der Waals surface area (Å²) in [5, 5.41) is 11.6. The van der Waals surface area contributed by atoms with E-state index in [1.54, 1.807) is 29.2 Å². The predicted molar refractivity (Wildman–Crippen MR) is 87.9 cm³/mol. The number of halogens is 1. The Bertz CT molecular complexity index is 465. The number of aliphatic carboxylic acids is 1. The monoisotopic (exact) mass is 330 g/mol. The topological polar surface area (TPSA) is 78.9 Å². The van der Waals surface area contributed by atoms with Gasteiger partial charge in [0.2, 0.25) is 5.91 Å². The van der Waals surface area contributed by atoms with Crippen LogP contribution in [0.3, 0.4) is 0 Å². The van der Waals surface area contributed by atoms with Crippen LogP contribution in [0.1, 0.15) is 20.3 Å². The largest absolute Gasteiger partial charge is 0.494 e. The number of amides is 1. The summed E-state index contributed by atoms with van der Waals surface area (Å²) >= 11 is 0. The van der Waals surface area contributed by atoms with Gasteiger partial charge in [0.05, 0.1) is 19.7 Å². The maximum Gasteiger partial charge on any atom is 0.317 e. The number of anilines is 1. The molecule has 1 amide bonds. The molecule has 0 heterocycles. The highest BCUT2D eigenvalue weighted by molar-refractivity contribution is 5.92. The second-order valence-corrected chi connectivity index (χ2v) is 4.61. The Kier molecular flexibility index (Phi) is 9.98. The van der Waals surface area contributed by atoms with E-state index < -0.39 is 5.97 Å². The number of benzene rings is 1. The van der Waals surface area contributed by atoms with Crippen molar-refractivity contribution in [2.24, 2.45) is 0 Å². The second kappa shape index (κ2) is 10.9. The predicted octanol–water partition coefficient (Wildman–Crippen LogP) is 2.24. The molecule has 22 heavy (non-hydrogen) atoms. The summed E-state index contributed by atoms with van der Waals surface area (Å²) in [4.78, 5) is 24.3. The third kappa shape index (κ3) is 7.85. The Balaban J connectivity index is 0.00000441. The first-order valence-electron chi connectivity index (χ1n) is 7.02. The van der Waals surface area contributed by atoms with Gasteiger partial charge in [-0.05, 0) is 44.2 Å². The number of rotatable bonds is 9. The maximum absolute atomic E-state index is 11.9. The summed E-state index contributed by atoms with van der Waals surface area (Å²) in [5.41, 5.74) is 0.662. The van der Waals surface area contributed by atoms with Crippen LogP contribution in [-0.4, -0.2) is 48.1 Å². The van der Waals surface area contributed by atoms with Crippen LogP contribution in [-0.2, 0) is 9.59 Å². The molecule has 0 bridgehead atoms. The Morgan fingerprint density at radius 1 is 1.18 bits per heavy atom. The van der Waals surface area contributed by atoms with E-state index in [0.717, 1.165) is 12.2 Å². The zero-order chi connectivity index (χ0) is 15.7. The first-order valence-corrected chi connectivity index (χ1v) is 7.02. The summed E-state index contributed by atoms with van der Waals surface area (Å²) in [6, 6.07) is 7.06. The van der Waals surface area contributed by atoms with Gasteiger partial charge in [0.15, 0.2) is 0 Å². The van der Waals surface area contributed by atoms with Crippen molar-refractivity contribution in [1.82, 2.24) is 4.90 Å². The van der Waals surface area contributed by atoms with Gasteiger partial charge in [-0.25, -0.2) is 0 Å². The summed E-state index contributed by atoms with van der Waals surface area (Å²) in [5.74, 6) is -0.417. The highest BCUT2D eigenvalue weighted by Crippen LogP contribution is 2.15. The van der Waals surface area contributed by atoms with Crippen molar-refractivity contribution >= 4 is 30.0 Å². The number of carbonyl (C=O) groups excluding carboxylic acids is 1. The standard InChI is InChI=1S/C15H22N2O4.ClH/c1-3-9-17(11-15(19)20)10-14(18)16-12-5-7-13(8-6-12)21-4-2;/h5-8H,3-4,9-11H2,1-2H3,(H,16,18)(H,19,20);1H. The lowest BCUT2D eigenvalue weighted by Gasteiger charge is -2.18. The van der Waals surface area contributed by atoms with E-state index in [1.807, 2.05) is 13.8 Å². The van der Waals surface area contributed by atoms with Crippen LogP contribution in [0, 0.1) is 0 Å². The molecule has 2 N–H and O–H groups in total. The molecule has 124 valence electrons. The third-order valence-electron chi connectivity index (χ3n) is 2.71. The molecule has 0 aliphatic rings. The fourth-order valence-corrected chi connectivity index (χ4v) is 1.93. The van der Waals surface area contributed by atoms with E-state index in [2.05, 4.69) is 5.32 Å². The SMILES string of the molecule is CCCN(CC(=O)O)CC(=O)Nc1ccc(OCC)cc1.Cl. The van der Waals surface area contributed by atoms with Gasteiger partial charge in [0.25, 0.3) is 0 Å². The first-order chi connectivity index (χ1) is 10.0. The van der Waals surface area contributed by atoms with Crippen LogP contribution < -0.4 is 10.1 Å². The van der Waals surface area contributed by atoms with Gasteiger partial charge in [0, 0.05) is 5.69 Å². The molecule has 0 aromatic heterocycles. The van der Waals surface area contributed by atoms with Gasteiger partial charge in [-0.15, -0.1) is 12.4 Å². The van der Waals surface area contributed by atoms with Crippen LogP contribution >= 0.6 is 12.4 Å². The van der Waals surface area contributed by atoms with Crippen molar-refractivity contribution in [2.75, 3.05) is 31.6 Å². The zero-order valence-electron chi connectivity index (χ0n) is 12.9. The van der Waals surface area contributed by atoms with Crippen LogP contribution in [0.15, 0.2) is 24.3 Å². The van der Waals surface area contributed by atoms with Crippen molar-refractivity contribution in [3.05, 3.63) is 24.3 Å². The molecule has 1 aromatic carbocycles. The highest BCUT2D eigenvalue weighted by atomic mass is 35.5. The minimum atomic E-state index is -0.933. The maximum atomic E-state index is 11.9. The summed E-state index contributed by atoms with van der Waals surface area (Å²) < 4.78 is 5.32. The summed E-state index contributed by atoms with van der Waals surface area (Å²) in [7, 11) is 0. The minimum Gasteiger partial charge on any atom is -0.494 e. The Morgan fingerprint density at radius 2 is 1.82 bits per heavy atom. The van der Waals surface area contributed by atoms with Crippen molar-refractivity contribution < 1.29 is 19.4 Å². The number of carbonyl (C=O) groups is 2. The summed E-state index contributed by atoms with van der Waals surface area (Å²) in [6.07, 6.45) is 0.795. The number of nitrogens with one attached hydrogen (secondary N) is 1. The Morgan fingerprint density at radius 3 is 2.32 bits per heavy atom. The average Bonchev–Trinajstić information content (AvgIpc) is 2.40.